The Balaban J connectivity index is 1.56. The van der Waals surface area contributed by atoms with Gasteiger partial charge in [-0.05, 0) is 50.0 Å². The maximum atomic E-state index is 12.0. The molecule has 5 rings (SSSR count). The number of aromatic carboxylic acids is 1. The highest BCUT2D eigenvalue weighted by Crippen LogP contribution is 2.30. The molecule has 0 radical (unpaired) electrons. The van der Waals surface area contributed by atoms with Crippen LogP contribution in [0.5, 0.6) is 0 Å². The second kappa shape index (κ2) is 9.31. The predicted octanol–water partition coefficient (Wildman–Crippen LogP) is 3.99. The van der Waals surface area contributed by atoms with Crippen molar-refractivity contribution in [1.29, 1.82) is 0 Å². The van der Waals surface area contributed by atoms with Gasteiger partial charge in [0.05, 0.1) is 16.8 Å². The Morgan fingerprint density at radius 1 is 1.32 bits per heavy atom. The average molecular weight is 510 g/mol. The largest absolute Gasteiger partial charge is 0.478 e. The number of fused-ring (bicyclic) bond motifs is 4. The Hall–Kier alpha value is -1.26. The van der Waals surface area contributed by atoms with Gasteiger partial charge in [-0.15, -0.1) is 0 Å². The Kier molecular flexibility index (Phi) is 6.88. The lowest BCUT2D eigenvalue weighted by molar-refractivity contribution is 0.0698. The lowest BCUT2D eigenvalue weighted by Crippen LogP contribution is -2.55. The van der Waals surface area contributed by atoms with Gasteiger partial charge < -0.3 is 20.1 Å². The molecule has 2 aromatic rings. The zero-order valence-corrected chi connectivity index (χ0v) is 21.2. The number of nitrogens with one attached hydrogen (secondary N) is 1. The second-order valence-corrected chi connectivity index (χ2v) is 16.6. The summed E-state index contributed by atoms with van der Waals surface area (Å²) in [7, 11) is -1.17. The number of hydrogen-bond donors (Lipinski definition) is 2. The molecule has 0 unspecified atom stereocenters. The molecule has 3 aliphatic heterocycles. The van der Waals surface area contributed by atoms with Crippen molar-refractivity contribution in [2.75, 3.05) is 26.2 Å². The molecule has 2 bridgehead atoms. The van der Waals surface area contributed by atoms with E-state index in [0.29, 0.717) is 37.2 Å². The fourth-order valence-electron chi connectivity index (χ4n) is 4.69. The molecule has 0 saturated carbocycles. The van der Waals surface area contributed by atoms with Gasteiger partial charge >= 0.3 is 5.97 Å². The zero-order chi connectivity index (χ0) is 22.2. The maximum Gasteiger partial charge on any atom is 0.336 e. The van der Waals surface area contributed by atoms with Crippen molar-refractivity contribution in [3.8, 4) is 0 Å². The second-order valence-electron chi connectivity index (χ2n) is 10.1. The quantitative estimate of drug-likeness (QED) is 0.393. The fraction of sp³-hybridized carbons (Fsp3) is 0.636. The first-order valence-electron chi connectivity index (χ1n) is 11.2. The summed E-state index contributed by atoms with van der Waals surface area (Å²) >= 11 is 3.47. The number of ether oxygens (including phenoxy) is 1. The summed E-state index contributed by atoms with van der Waals surface area (Å²) in [6.07, 6.45) is 2.48. The van der Waals surface area contributed by atoms with Crippen molar-refractivity contribution in [3.05, 3.63) is 27.9 Å². The average Bonchev–Trinajstić information content (AvgIpc) is 3.06. The zero-order valence-electron chi connectivity index (χ0n) is 18.7. The number of aromatic nitrogens is 2. The van der Waals surface area contributed by atoms with E-state index in [0.717, 1.165) is 28.3 Å². The Labute approximate surface area is 193 Å². The molecule has 3 fully saturated rings. The number of hydrogen-bond acceptors (Lipinski definition) is 5. The van der Waals surface area contributed by atoms with Crippen LogP contribution in [0.3, 0.4) is 0 Å². The number of rotatable bonds is 9. The van der Waals surface area contributed by atoms with Crippen LogP contribution >= 0.6 is 15.9 Å². The minimum absolute atomic E-state index is 0.281. The summed E-state index contributed by atoms with van der Waals surface area (Å²) < 4.78 is 8.48. The Morgan fingerprint density at radius 2 is 2.06 bits per heavy atom. The number of carboxylic acids is 1. The summed E-state index contributed by atoms with van der Waals surface area (Å²) in [5.41, 5.74) is 1.86. The van der Waals surface area contributed by atoms with Crippen molar-refractivity contribution >= 4 is 40.9 Å². The maximum absolute atomic E-state index is 12.0. The third-order valence-electron chi connectivity index (χ3n) is 6.52. The van der Waals surface area contributed by atoms with Crippen molar-refractivity contribution in [2.24, 2.45) is 5.92 Å². The highest BCUT2D eigenvalue weighted by atomic mass is 79.9. The van der Waals surface area contributed by atoms with Crippen LogP contribution in [0.25, 0.3) is 10.9 Å². The summed E-state index contributed by atoms with van der Waals surface area (Å²) in [5, 5.41) is 19.0. The van der Waals surface area contributed by atoms with Crippen LogP contribution in [0.15, 0.2) is 16.6 Å². The minimum Gasteiger partial charge on any atom is -0.478 e. The van der Waals surface area contributed by atoms with Gasteiger partial charge in [-0.25, -0.2) is 9.48 Å². The number of carbonyl (C=O) groups is 1. The number of nitrogens with zero attached hydrogens (tertiary/aromatic N) is 3. The van der Waals surface area contributed by atoms with E-state index >= 15 is 0 Å². The van der Waals surface area contributed by atoms with Gasteiger partial charge in [-0.1, -0.05) is 35.6 Å². The molecule has 4 heterocycles. The summed E-state index contributed by atoms with van der Waals surface area (Å²) in [6, 6.07) is 5.14. The van der Waals surface area contributed by atoms with E-state index in [2.05, 4.69) is 45.8 Å². The van der Waals surface area contributed by atoms with E-state index in [1.54, 1.807) is 6.07 Å². The third-order valence-corrected chi connectivity index (χ3v) is 8.68. The van der Waals surface area contributed by atoms with Gasteiger partial charge in [0, 0.05) is 43.7 Å². The Morgan fingerprint density at radius 3 is 2.68 bits per heavy atom. The molecule has 1 atom stereocenters. The lowest BCUT2D eigenvalue weighted by atomic mass is 9.84. The van der Waals surface area contributed by atoms with E-state index in [4.69, 9.17) is 9.84 Å². The molecule has 9 heteroatoms. The standard InChI is InChI=1S/C22H33BrN4O3Si/c1-31(2,3)9-8-30-14-27-20-11-16(23)10-17(22(28)29)21(20)18(25-27)12-24-19-13-26-6-4-15(19)5-7-26/h10-11,15,19,24H,4-9,12-14H2,1-3H3,(H,28,29)/t19-/m0/s1. The Bertz CT molecular complexity index is 950. The molecule has 0 spiro atoms. The van der Waals surface area contributed by atoms with Gasteiger partial charge in [0.1, 0.15) is 6.73 Å². The molecule has 1 aromatic heterocycles. The summed E-state index contributed by atoms with van der Waals surface area (Å²) in [6.45, 7) is 12.0. The first kappa shape index (κ1) is 22.9. The molecule has 3 saturated heterocycles. The minimum atomic E-state index is -1.17. The highest BCUT2D eigenvalue weighted by molar-refractivity contribution is 9.10. The summed E-state index contributed by atoms with van der Waals surface area (Å²) in [4.78, 5) is 14.5. The fourth-order valence-corrected chi connectivity index (χ4v) is 5.90. The summed E-state index contributed by atoms with van der Waals surface area (Å²) in [5.74, 6) is -0.231. The highest BCUT2D eigenvalue weighted by Gasteiger charge is 2.34. The predicted molar refractivity (Wildman–Crippen MR) is 128 cm³/mol. The van der Waals surface area contributed by atoms with Crippen molar-refractivity contribution in [3.63, 3.8) is 0 Å². The molecule has 1 aromatic carbocycles. The first-order valence-corrected chi connectivity index (χ1v) is 15.7. The van der Waals surface area contributed by atoms with Crippen molar-refractivity contribution < 1.29 is 14.6 Å². The van der Waals surface area contributed by atoms with Crippen LogP contribution in [0.2, 0.25) is 25.7 Å². The first-order chi connectivity index (χ1) is 14.7. The van der Waals surface area contributed by atoms with Crippen LogP contribution in [0.4, 0.5) is 0 Å². The molecule has 0 aliphatic carbocycles. The third kappa shape index (κ3) is 5.39. The van der Waals surface area contributed by atoms with Crippen LogP contribution in [-0.2, 0) is 18.0 Å². The van der Waals surface area contributed by atoms with Gasteiger partial charge in [0.2, 0.25) is 0 Å². The van der Waals surface area contributed by atoms with Gasteiger partial charge in [-0.2, -0.15) is 5.10 Å². The molecular formula is C22H33BrN4O3Si. The van der Waals surface area contributed by atoms with E-state index in [1.165, 1.54) is 25.9 Å². The molecule has 170 valence electrons. The number of carboxylic acid groups (broad SMARTS) is 1. The van der Waals surface area contributed by atoms with Gasteiger partial charge in [0.15, 0.2) is 0 Å². The van der Waals surface area contributed by atoms with E-state index in [1.807, 2.05) is 10.7 Å². The van der Waals surface area contributed by atoms with Crippen LogP contribution in [-0.4, -0.2) is 66.1 Å². The van der Waals surface area contributed by atoms with Crippen molar-refractivity contribution in [2.45, 2.75) is 57.8 Å². The molecule has 7 nitrogen and oxygen atoms in total. The number of halogens is 1. The van der Waals surface area contributed by atoms with Gasteiger partial charge in [0.25, 0.3) is 0 Å². The SMILES string of the molecule is C[Si](C)(C)CCOCn1nc(CN[C@H]2CN3CCC2CC3)c2c(C(=O)O)cc(Br)cc21. The van der Waals surface area contributed by atoms with E-state index in [-0.39, 0.29) is 5.56 Å². The molecular weight excluding hydrogens is 476 g/mol. The molecule has 3 aliphatic rings. The van der Waals surface area contributed by atoms with Crippen LogP contribution in [0.1, 0.15) is 28.9 Å². The monoisotopic (exact) mass is 508 g/mol. The van der Waals surface area contributed by atoms with E-state index in [9.17, 15) is 9.90 Å². The van der Waals surface area contributed by atoms with E-state index < -0.39 is 14.0 Å². The number of benzene rings is 1. The number of piperidine rings is 3. The van der Waals surface area contributed by atoms with Crippen LogP contribution in [0, 0.1) is 5.92 Å². The van der Waals surface area contributed by atoms with Crippen LogP contribution < -0.4 is 5.32 Å². The van der Waals surface area contributed by atoms with Gasteiger partial charge in [-0.3, -0.25) is 0 Å². The molecule has 2 N–H and O–H groups in total. The molecule has 31 heavy (non-hydrogen) atoms. The van der Waals surface area contributed by atoms with Crippen molar-refractivity contribution in [1.82, 2.24) is 20.0 Å². The lowest BCUT2D eigenvalue weighted by Gasteiger charge is -2.45. The topological polar surface area (TPSA) is 79.6 Å². The normalized spacial score (nSPS) is 23.5. The molecule has 0 amide bonds. The smallest absolute Gasteiger partial charge is 0.336 e.